The van der Waals surface area contributed by atoms with Crippen molar-refractivity contribution in [3.63, 3.8) is 0 Å². The monoisotopic (exact) mass is 421 g/mol. The first-order chi connectivity index (χ1) is 13.7. The van der Waals surface area contributed by atoms with Crippen LogP contribution >= 0.6 is 0 Å². The number of nitriles is 1. The number of nitrogens with zero attached hydrogens (tertiary/aromatic N) is 1. The van der Waals surface area contributed by atoms with Gasteiger partial charge >= 0.3 is 0 Å². The minimum Gasteiger partial charge on any atom is -0.453 e. The molecule has 0 saturated carbocycles. The van der Waals surface area contributed by atoms with Gasteiger partial charge in [-0.1, -0.05) is 61.0 Å². The average molecular weight is 422 g/mol. The van der Waals surface area contributed by atoms with E-state index in [2.05, 4.69) is 75.2 Å². The molecule has 0 unspecified atom stereocenters. The summed E-state index contributed by atoms with van der Waals surface area (Å²) < 4.78 is 6.57. The molecule has 2 rings (SSSR count). The van der Waals surface area contributed by atoms with Gasteiger partial charge in [-0.25, -0.2) is 0 Å². The second-order valence-electron chi connectivity index (χ2n) is 8.91. The van der Waals surface area contributed by atoms with Crippen LogP contribution in [0.3, 0.4) is 0 Å². The summed E-state index contributed by atoms with van der Waals surface area (Å²) in [5, 5.41) is 8.92. The van der Waals surface area contributed by atoms with Crippen LogP contribution in [0, 0.1) is 11.3 Å². The zero-order chi connectivity index (χ0) is 21.3. The van der Waals surface area contributed by atoms with Gasteiger partial charge in [-0.3, -0.25) is 0 Å². The summed E-state index contributed by atoms with van der Waals surface area (Å²) in [6.45, 7) is 11.4. The first-order valence-corrected chi connectivity index (χ1v) is 16.8. The van der Waals surface area contributed by atoms with Gasteiger partial charge in [-0.15, -0.1) is 0 Å². The van der Waals surface area contributed by atoms with Crippen LogP contribution in [0.1, 0.15) is 37.3 Å². The first kappa shape index (κ1) is 23.3. The summed E-state index contributed by atoms with van der Waals surface area (Å²) in [5.41, 5.74) is 6.76. The van der Waals surface area contributed by atoms with Crippen LogP contribution in [-0.2, 0) is 10.5 Å². The van der Waals surface area contributed by atoms with E-state index in [4.69, 9.17) is 9.38 Å². The Hall–Kier alpha value is -1.94. The van der Waals surface area contributed by atoms with Crippen LogP contribution in [0.5, 0.6) is 0 Å². The molecule has 0 heterocycles. The fourth-order valence-corrected chi connectivity index (χ4v) is 12.1. The molecule has 0 radical (unpaired) electrons. The third-order valence-electron chi connectivity index (χ3n) is 5.15. The molecule has 2 nitrogen and oxygen atoms in total. The minimum absolute atomic E-state index is 0.703. The van der Waals surface area contributed by atoms with Gasteiger partial charge < -0.3 is 4.12 Å². The van der Waals surface area contributed by atoms with Gasteiger partial charge in [0.1, 0.15) is 0 Å². The van der Waals surface area contributed by atoms with Crippen molar-refractivity contribution in [3.05, 3.63) is 71.4 Å². The highest BCUT2D eigenvalue weighted by Crippen LogP contribution is 2.23. The fraction of sp³-hybridized carbons (Fsp3) is 0.400. The van der Waals surface area contributed by atoms with E-state index in [-0.39, 0.29) is 0 Å². The van der Waals surface area contributed by atoms with E-state index < -0.39 is 16.6 Å². The minimum atomic E-state index is -1.63. The quantitative estimate of drug-likeness (QED) is 0.294. The molecule has 0 aromatic heterocycles. The van der Waals surface area contributed by atoms with Gasteiger partial charge in [-0.05, 0) is 80.8 Å². The highest BCUT2D eigenvalue weighted by Gasteiger charge is 2.30. The maximum Gasteiger partial charge on any atom is 0.198 e. The van der Waals surface area contributed by atoms with E-state index in [1.54, 1.807) is 0 Å². The highest BCUT2D eigenvalue weighted by molar-refractivity contribution is 6.87. The summed E-state index contributed by atoms with van der Waals surface area (Å²) in [7, 11) is -3.20. The van der Waals surface area contributed by atoms with Gasteiger partial charge in [0.15, 0.2) is 16.6 Å². The lowest BCUT2D eigenvalue weighted by Gasteiger charge is -2.32. The number of aryl methyl sites for hydroxylation is 1. The summed E-state index contributed by atoms with van der Waals surface area (Å²) in [5.74, 6) is 0. The normalized spacial score (nSPS) is 12.3. The second-order valence-corrected chi connectivity index (χ2v) is 17.3. The Morgan fingerprint density at radius 3 is 2.00 bits per heavy atom. The van der Waals surface area contributed by atoms with Gasteiger partial charge in [-0.2, -0.15) is 5.26 Å². The largest absolute Gasteiger partial charge is 0.453 e. The van der Waals surface area contributed by atoms with E-state index in [0.29, 0.717) is 5.56 Å². The van der Waals surface area contributed by atoms with E-state index in [9.17, 15) is 0 Å². The van der Waals surface area contributed by atoms with Crippen molar-refractivity contribution >= 4 is 16.6 Å². The molecule has 29 heavy (non-hydrogen) atoms. The summed E-state index contributed by atoms with van der Waals surface area (Å²) in [4.78, 5) is 0. The van der Waals surface area contributed by atoms with E-state index >= 15 is 0 Å². The molecule has 4 heteroatoms. The molecule has 2 aromatic rings. The molecule has 154 valence electrons. The Bertz CT molecular complexity index is 831. The van der Waals surface area contributed by atoms with Crippen molar-refractivity contribution < 1.29 is 4.12 Å². The summed E-state index contributed by atoms with van der Waals surface area (Å²) in [6, 6.07) is 20.0. The summed E-state index contributed by atoms with van der Waals surface area (Å²) >= 11 is 0. The van der Waals surface area contributed by atoms with Crippen LogP contribution in [-0.4, -0.2) is 16.6 Å². The van der Waals surface area contributed by atoms with Crippen LogP contribution in [0.2, 0.25) is 32.2 Å². The van der Waals surface area contributed by atoms with Crippen LogP contribution < -0.4 is 0 Å². The van der Waals surface area contributed by atoms with Gasteiger partial charge in [0.2, 0.25) is 0 Å². The predicted octanol–water partition coefficient (Wildman–Crippen LogP) is 7.48. The lowest BCUT2D eigenvalue weighted by atomic mass is 10.0. The molecule has 0 N–H and O–H groups in total. The third-order valence-corrected chi connectivity index (χ3v) is 12.2. The van der Waals surface area contributed by atoms with Crippen molar-refractivity contribution in [2.75, 3.05) is 0 Å². The Balaban J connectivity index is 1.76. The molecule has 0 bridgehead atoms. The molecule has 0 saturated heterocycles. The molecule has 0 amide bonds. The molecule has 0 atom stereocenters. The summed E-state index contributed by atoms with van der Waals surface area (Å²) in [6.07, 6.45) is 7.04. The van der Waals surface area contributed by atoms with Crippen molar-refractivity contribution in [1.29, 1.82) is 5.26 Å². The van der Waals surface area contributed by atoms with Crippen molar-refractivity contribution in [3.8, 4) is 17.2 Å². The number of hydrogen-bond donors (Lipinski definition) is 0. The van der Waals surface area contributed by atoms with Crippen molar-refractivity contribution in [1.82, 2.24) is 0 Å². The van der Waals surface area contributed by atoms with E-state index in [0.717, 1.165) is 12.0 Å². The zero-order valence-corrected chi connectivity index (χ0v) is 20.7. The maximum absolute atomic E-state index is 8.92. The molecule has 0 aliphatic heterocycles. The smallest absolute Gasteiger partial charge is 0.198 e. The highest BCUT2D eigenvalue weighted by atomic mass is 28.4. The molecular formula is C25H35NOSi2. The van der Waals surface area contributed by atoms with Crippen molar-refractivity contribution in [2.45, 2.75) is 64.8 Å². The SMILES string of the molecule is CC=C[Si](C)(C)O[Si](C)(C)CCCCCc1ccc(-c2ccc(C#N)cc2)cc1. The van der Waals surface area contributed by atoms with Gasteiger partial charge in [0.05, 0.1) is 11.6 Å². The molecular weight excluding hydrogens is 386 g/mol. The molecule has 0 aliphatic carbocycles. The Morgan fingerprint density at radius 2 is 1.45 bits per heavy atom. The average Bonchev–Trinajstić information content (AvgIpc) is 2.67. The number of benzene rings is 2. The zero-order valence-electron chi connectivity index (χ0n) is 18.7. The molecule has 0 fully saturated rings. The van der Waals surface area contributed by atoms with Crippen molar-refractivity contribution in [2.24, 2.45) is 0 Å². The third kappa shape index (κ3) is 8.14. The Labute approximate surface area is 179 Å². The first-order valence-electron chi connectivity index (χ1n) is 10.7. The number of hydrogen-bond acceptors (Lipinski definition) is 2. The van der Waals surface area contributed by atoms with Crippen LogP contribution in [0.25, 0.3) is 11.1 Å². The number of rotatable bonds is 10. The Morgan fingerprint density at radius 1 is 0.862 bits per heavy atom. The standard InChI is InChI=1S/C25H35NOSi2/c1-6-19-28(2,3)27-29(4,5)20-9-7-8-10-22-11-15-24(16-12-22)25-17-13-23(21-26)14-18-25/h6,11-19H,7-10,20H2,1-5H3. The molecule has 0 aliphatic rings. The lowest BCUT2D eigenvalue weighted by molar-refractivity contribution is 0.544. The topological polar surface area (TPSA) is 33.0 Å². The maximum atomic E-state index is 8.92. The predicted molar refractivity (Wildman–Crippen MR) is 130 cm³/mol. The van der Waals surface area contributed by atoms with Gasteiger partial charge in [0.25, 0.3) is 0 Å². The van der Waals surface area contributed by atoms with E-state index in [1.165, 1.54) is 36.4 Å². The van der Waals surface area contributed by atoms with E-state index in [1.807, 2.05) is 24.3 Å². The lowest BCUT2D eigenvalue weighted by Crippen LogP contribution is -2.43. The molecule has 0 spiro atoms. The Kier molecular flexibility index (Phi) is 8.64. The molecule has 2 aromatic carbocycles. The second kappa shape index (κ2) is 10.7. The van der Waals surface area contributed by atoms with Crippen LogP contribution in [0.15, 0.2) is 60.3 Å². The van der Waals surface area contributed by atoms with Gasteiger partial charge in [0, 0.05) is 0 Å². The number of unbranched alkanes of at least 4 members (excludes halogenated alkanes) is 2. The number of allylic oxidation sites excluding steroid dienone is 1. The van der Waals surface area contributed by atoms with Crippen LogP contribution in [0.4, 0.5) is 0 Å². The fourth-order valence-electron chi connectivity index (χ4n) is 3.86.